The lowest BCUT2D eigenvalue weighted by atomic mass is 9.81. The van der Waals surface area contributed by atoms with E-state index >= 15 is 0 Å². The minimum atomic E-state index is -3.89. The van der Waals surface area contributed by atoms with Crippen LogP contribution in [0.5, 0.6) is 5.75 Å². The quantitative estimate of drug-likeness (QED) is 0.122. The summed E-state index contributed by atoms with van der Waals surface area (Å²) in [5.74, 6) is -0.514. The van der Waals surface area contributed by atoms with Crippen LogP contribution in [0.3, 0.4) is 0 Å². The van der Waals surface area contributed by atoms with E-state index in [2.05, 4.69) is 18.8 Å². The summed E-state index contributed by atoms with van der Waals surface area (Å²) in [5.41, 5.74) is 2.62. The van der Waals surface area contributed by atoms with Gasteiger partial charge in [0.25, 0.3) is 0 Å². The standard InChI is InChI=1S/C32H28Cl2FN3O4S3/c1-32(2,21-5-11-26(33)28(14-21)42-3)29-17-37-31(38(29)23-8-6-22(35)7-9-23)44-18-20-4-10-25(16-27(20)34)45(40,41)19-24(39)15-30-36-12-13-43-30/h4-14,16-17H,15,18-19H2,1-3H3. The van der Waals surface area contributed by atoms with Crippen molar-refractivity contribution >= 4 is 61.9 Å². The van der Waals surface area contributed by atoms with Gasteiger partial charge < -0.3 is 4.74 Å². The van der Waals surface area contributed by atoms with Gasteiger partial charge in [-0.25, -0.2) is 22.8 Å². The molecule has 45 heavy (non-hydrogen) atoms. The molecule has 0 spiro atoms. The second-order valence-electron chi connectivity index (χ2n) is 10.7. The van der Waals surface area contributed by atoms with E-state index in [4.69, 9.17) is 32.9 Å². The van der Waals surface area contributed by atoms with Crippen LogP contribution in [0.2, 0.25) is 10.0 Å². The Hall–Kier alpha value is -3.22. The molecule has 7 nitrogen and oxygen atoms in total. The number of rotatable bonds is 12. The molecular weight excluding hydrogens is 676 g/mol. The van der Waals surface area contributed by atoms with Crippen molar-refractivity contribution in [1.29, 1.82) is 0 Å². The van der Waals surface area contributed by atoms with Crippen LogP contribution < -0.4 is 4.74 Å². The van der Waals surface area contributed by atoms with Crippen molar-refractivity contribution in [3.63, 3.8) is 0 Å². The Labute approximate surface area is 279 Å². The summed E-state index contributed by atoms with van der Waals surface area (Å²) in [6.07, 6.45) is 3.32. The molecule has 0 aliphatic heterocycles. The predicted molar refractivity (Wildman–Crippen MR) is 178 cm³/mol. The zero-order valence-electron chi connectivity index (χ0n) is 24.5. The summed E-state index contributed by atoms with van der Waals surface area (Å²) in [6, 6.07) is 16.2. The van der Waals surface area contributed by atoms with Crippen LogP contribution in [-0.2, 0) is 32.2 Å². The summed E-state index contributed by atoms with van der Waals surface area (Å²) in [7, 11) is -2.33. The Morgan fingerprint density at radius 1 is 1.04 bits per heavy atom. The van der Waals surface area contributed by atoms with Crippen LogP contribution in [0.1, 0.15) is 35.7 Å². The molecular formula is C32H28Cl2FN3O4S3. The monoisotopic (exact) mass is 703 g/mol. The fourth-order valence-corrected chi connectivity index (χ4v) is 8.24. The Morgan fingerprint density at radius 2 is 1.80 bits per heavy atom. The van der Waals surface area contributed by atoms with E-state index in [1.165, 1.54) is 47.4 Å². The lowest BCUT2D eigenvalue weighted by Gasteiger charge is -2.28. The molecule has 0 saturated carbocycles. The molecule has 0 atom stereocenters. The van der Waals surface area contributed by atoms with Gasteiger partial charge >= 0.3 is 0 Å². The fraction of sp³-hybridized carbons (Fsp3) is 0.219. The molecule has 2 aromatic heterocycles. The molecule has 0 radical (unpaired) electrons. The second kappa shape index (κ2) is 13.6. The Kier molecular flexibility index (Phi) is 10.0. The third-order valence-electron chi connectivity index (χ3n) is 7.25. The Balaban J connectivity index is 1.41. The maximum Gasteiger partial charge on any atom is 0.185 e. The average Bonchev–Trinajstić information content (AvgIpc) is 3.67. The highest BCUT2D eigenvalue weighted by molar-refractivity contribution is 7.98. The van der Waals surface area contributed by atoms with Gasteiger partial charge in [0.2, 0.25) is 0 Å². The first kappa shape index (κ1) is 33.2. The number of methoxy groups -OCH3 is 1. The number of benzene rings is 3. The molecule has 0 bridgehead atoms. The van der Waals surface area contributed by atoms with E-state index < -0.39 is 26.8 Å². The second-order valence-corrected chi connectivity index (χ2v) is 15.4. The zero-order valence-corrected chi connectivity index (χ0v) is 28.4. The van der Waals surface area contributed by atoms with Crippen LogP contribution in [-0.4, -0.2) is 41.6 Å². The molecule has 234 valence electrons. The Morgan fingerprint density at radius 3 is 2.47 bits per heavy atom. The highest BCUT2D eigenvalue weighted by Gasteiger charge is 2.30. The number of carbonyl (C=O) groups is 1. The summed E-state index contributed by atoms with van der Waals surface area (Å²) < 4.78 is 47.2. The van der Waals surface area contributed by atoms with Crippen molar-refractivity contribution in [3.8, 4) is 11.4 Å². The lowest BCUT2D eigenvalue weighted by Crippen LogP contribution is -2.23. The van der Waals surface area contributed by atoms with Gasteiger partial charge in [0.05, 0.1) is 40.3 Å². The van der Waals surface area contributed by atoms with Crippen molar-refractivity contribution in [2.45, 2.75) is 41.5 Å². The maximum absolute atomic E-state index is 13.9. The van der Waals surface area contributed by atoms with E-state index in [0.717, 1.165) is 16.9 Å². The lowest BCUT2D eigenvalue weighted by molar-refractivity contribution is -0.116. The van der Waals surface area contributed by atoms with E-state index in [-0.39, 0.29) is 22.2 Å². The molecule has 0 aliphatic rings. The van der Waals surface area contributed by atoms with Crippen LogP contribution in [0, 0.1) is 5.82 Å². The predicted octanol–water partition coefficient (Wildman–Crippen LogP) is 7.99. The number of ketones is 1. The summed E-state index contributed by atoms with van der Waals surface area (Å²) in [6.45, 7) is 4.11. The molecule has 0 aliphatic carbocycles. The van der Waals surface area contributed by atoms with Crippen LogP contribution in [0.25, 0.3) is 5.69 Å². The van der Waals surface area contributed by atoms with Crippen molar-refractivity contribution in [3.05, 3.63) is 116 Å². The first-order valence-electron chi connectivity index (χ1n) is 13.6. The largest absolute Gasteiger partial charge is 0.495 e. The first-order chi connectivity index (χ1) is 21.4. The van der Waals surface area contributed by atoms with Gasteiger partial charge in [-0.05, 0) is 59.7 Å². The van der Waals surface area contributed by atoms with Gasteiger partial charge in [-0.1, -0.05) is 60.9 Å². The number of thiazole rings is 1. The third-order valence-corrected chi connectivity index (χ3v) is 11.4. The van der Waals surface area contributed by atoms with Gasteiger partial charge in [0.15, 0.2) is 20.8 Å². The van der Waals surface area contributed by atoms with Gasteiger partial charge in [0, 0.05) is 33.5 Å². The van der Waals surface area contributed by atoms with Gasteiger partial charge in [-0.3, -0.25) is 9.36 Å². The van der Waals surface area contributed by atoms with Gasteiger partial charge in [-0.15, -0.1) is 11.3 Å². The molecule has 0 fully saturated rings. The van der Waals surface area contributed by atoms with E-state index in [0.29, 0.717) is 32.3 Å². The number of hydrogen-bond acceptors (Lipinski definition) is 8. The van der Waals surface area contributed by atoms with Crippen molar-refractivity contribution in [2.24, 2.45) is 0 Å². The third kappa shape index (κ3) is 7.44. The van der Waals surface area contributed by atoms with Crippen molar-refractivity contribution in [2.75, 3.05) is 12.9 Å². The zero-order chi connectivity index (χ0) is 32.4. The number of aromatic nitrogens is 3. The van der Waals surface area contributed by atoms with Gasteiger partial charge in [0.1, 0.15) is 17.3 Å². The topological polar surface area (TPSA) is 91.2 Å². The first-order valence-corrected chi connectivity index (χ1v) is 17.9. The maximum atomic E-state index is 13.9. The minimum Gasteiger partial charge on any atom is -0.495 e. The van der Waals surface area contributed by atoms with Crippen LogP contribution in [0.15, 0.2) is 88.5 Å². The van der Waals surface area contributed by atoms with Crippen molar-refractivity contribution in [1.82, 2.24) is 14.5 Å². The van der Waals surface area contributed by atoms with E-state index in [1.807, 2.05) is 16.7 Å². The summed E-state index contributed by atoms with van der Waals surface area (Å²) >= 11 is 15.6. The number of halogens is 3. The van der Waals surface area contributed by atoms with Crippen molar-refractivity contribution < 1.29 is 22.3 Å². The molecule has 0 unspecified atom stereocenters. The number of Topliss-reactive ketones (excluding diaryl/α,β-unsaturated/α-hetero) is 1. The molecule has 0 N–H and O–H groups in total. The molecule has 5 rings (SSSR count). The Bertz CT molecular complexity index is 1940. The number of hydrogen-bond donors (Lipinski definition) is 0. The number of imidazole rings is 1. The number of nitrogens with zero attached hydrogens (tertiary/aromatic N) is 3. The SMILES string of the molecule is COc1cc(C(C)(C)c2cnc(SCc3ccc(S(=O)(=O)CC(=O)Cc4nccs4)cc3Cl)n2-c2ccc(F)cc2)ccc1Cl. The van der Waals surface area contributed by atoms with Crippen LogP contribution in [0.4, 0.5) is 4.39 Å². The molecule has 5 aromatic rings. The summed E-state index contributed by atoms with van der Waals surface area (Å²) in [5, 5.41) is 3.69. The molecule has 2 heterocycles. The number of carbonyl (C=O) groups excluding carboxylic acids is 1. The van der Waals surface area contributed by atoms with Crippen LogP contribution >= 0.6 is 46.3 Å². The number of sulfone groups is 1. The molecule has 3 aromatic carbocycles. The molecule has 0 amide bonds. The molecule has 0 saturated heterocycles. The van der Waals surface area contributed by atoms with E-state index in [9.17, 15) is 17.6 Å². The highest BCUT2D eigenvalue weighted by atomic mass is 35.5. The van der Waals surface area contributed by atoms with Gasteiger partial charge in [-0.2, -0.15) is 0 Å². The smallest absolute Gasteiger partial charge is 0.185 e. The fourth-order valence-electron chi connectivity index (χ4n) is 4.75. The number of thioether (sulfide) groups is 1. The van der Waals surface area contributed by atoms with E-state index in [1.54, 1.807) is 49.1 Å². The summed E-state index contributed by atoms with van der Waals surface area (Å²) in [4.78, 5) is 21.1. The normalized spacial score (nSPS) is 12.0. The highest BCUT2D eigenvalue weighted by Crippen LogP contribution is 2.39. The molecule has 13 heteroatoms. The number of ether oxygens (including phenoxy) is 1. The average molecular weight is 705 g/mol. The minimum absolute atomic E-state index is 0.0241.